The minimum atomic E-state index is -4.72. The van der Waals surface area contributed by atoms with Crippen LogP contribution in [0.1, 0.15) is 50.7 Å². The van der Waals surface area contributed by atoms with E-state index in [4.69, 9.17) is 4.52 Å². The molecule has 0 aliphatic heterocycles. The summed E-state index contributed by atoms with van der Waals surface area (Å²) in [5.41, 5.74) is 5.82. The average molecular weight is 410 g/mol. The summed E-state index contributed by atoms with van der Waals surface area (Å²) < 4.78 is 16.8. The molecule has 2 N–H and O–H groups in total. The fourth-order valence-electron chi connectivity index (χ4n) is 3.71. The molecule has 5 heteroatoms. The van der Waals surface area contributed by atoms with Gasteiger partial charge in [0.25, 0.3) is 0 Å². The van der Waals surface area contributed by atoms with Gasteiger partial charge in [-0.25, -0.2) is 4.57 Å². The molecule has 0 saturated carbocycles. The first-order chi connectivity index (χ1) is 13.7. The van der Waals surface area contributed by atoms with Crippen molar-refractivity contribution in [1.29, 1.82) is 0 Å². The molecule has 3 rings (SSSR count). The molecule has 3 aromatic carbocycles. The van der Waals surface area contributed by atoms with Crippen LogP contribution in [0.4, 0.5) is 0 Å². The maximum absolute atomic E-state index is 11.7. The molecule has 0 aliphatic rings. The highest BCUT2D eigenvalue weighted by Gasteiger charge is 2.24. The number of phosphoric ester groups is 1. The lowest BCUT2D eigenvalue weighted by molar-refractivity contribution is 0.283. The quantitative estimate of drug-likeness (QED) is 0.442. The smallest absolute Gasteiger partial charge is 0.404 e. The third-order valence-electron chi connectivity index (χ3n) is 4.97. The lowest BCUT2D eigenvalue weighted by Gasteiger charge is -2.22. The Labute approximate surface area is 172 Å². The van der Waals surface area contributed by atoms with Crippen molar-refractivity contribution in [3.05, 3.63) is 77.9 Å². The van der Waals surface area contributed by atoms with E-state index in [1.807, 2.05) is 48.5 Å². The lowest BCUT2D eigenvalue weighted by Crippen LogP contribution is -2.00. The van der Waals surface area contributed by atoms with E-state index in [1.165, 1.54) is 5.56 Å². The zero-order valence-corrected chi connectivity index (χ0v) is 18.1. The third-order valence-corrected chi connectivity index (χ3v) is 5.40. The summed E-state index contributed by atoms with van der Waals surface area (Å²) in [6.07, 6.45) is 0. The van der Waals surface area contributed by atoms with E-state index in [9.17, 15) is 14.4 Å². The summed E-state index contributed by atoms with van der Waals surface area (Å²) in [5, 5.41) is 0. The molecule has 0 amide bonds. The predicted octanol–water partition coefficient (Wildman–Crippen LogP) is 6.74. The molecule has 0 saturated heterocycles. The normalized spacial score (nSPS) is 11.9. The highest BCUT2D eigenvalue weighted by atomic mass is 31.2. The minimum absolute atomic E-state index is 0.183. The van der Waals surface area contributed by atoms with Crippen LogP contribution in [0.5, 0.6) is 5.75 Å². The maximum Gasteiger partial charge on any atom is 0.524 e. The Kier molecular flexibility index (Phi) is 6.28. The molecule has 0 spiro atoms. The van der Waals surface area contributed by atoms with Gasteiger partial charge in [-0.1, -0.05) is 88.4 Å². The second-order valence-corrected chi connectivity index (χ2v) is 8.91. The van der Waals surface area contributed by atoms with E-state index < -0.39 is 7.82 Å². The molecule has 0 atom stereocenters. The minimum Gasteiger partial charge on any atom is -0.404 e. The molecule has 0 aromatic heterocycles. The predicted molar refractivity (Wildman–Crippen MR) is 118 cm³/mol. The molecule has 29 heavy (non-hydrogen) atoms. The Morgan fingerprint density at radius 2 is 1.17 bits per heavy atom. The Morgan fingerprint density at radius 1 is 0.690 bits per heavy atom. The molecule has 0 fully saturated rings. The van der Waals surface area contributed by atoms with Crippen LogP contribution >= 0.6 is 7.82 Å². The van der Waals surface area contributed by atoms with E-state index in [2.05, 4.69) is 33.8 Å². The molecule has 152 valence electrons. The van der Waals surface area contributed by atoms with Crippen LogP contribution in [-0.2, 0) is 4.57 Å². The number of phosphoric acid groups is 1. The van der Waals surface area contributed by atoms with Gasteiger partial charge in [0, 0.05) is 5.56 Å². The molecular formula is C24H27O4P. The fourth-order valence-corrected chi connectivity index (χ4v) is 4.12. The fraction of sp³-hybridized carbons (Fsp3) is 0.250. The zero-order valence-electron chi connectivity index (χ0n) is 17.2. The van der Waals surface area contributed by atoms with Crippen molar-refractivity contribution in [1.82, 2.24) is 0 Å². The zero-order chi connectivity index (χ0) is 21.2. The first-order valence-corrected chi connectivity index (χ1v) is 11.3. The van der Waals surface area contributed by atoms with Crippen molar-refractivity contribution in [3.63, 3.8) is 0 Å². The topological polar surface area (TPSA) is 66.8 Å². The van der Waals surface area contributed by atoms with Gasteiger partial charge < -0.3 is 4.52 Å². The van der Waals surface area contributed by atoms with Gasteiger partial charge in [0.1, 0.15) is 5.75 Å². The van der Waals surface area contributed by atoms with Crippen molar-refractivity contribution in [2.45, 2.75) is 39.5 Å². The molecule has 4 nitrogen and oxygen atoms in total. The largest absolute Gasteiger partial charge is 0.524 e. The van der Waals surface area contributed by atoms with E-state index in [0.717, 1.165) is 22.3 Å². The van der Waals surface area contributed by atoms with Crippen molar-refractivity contribution >= 4 is 7.82 Å². The lowest BCUT2D eigenvalue weighted by atomic mass is 9.85. The molecule has 0 bridgehead atoms. The number of hydrogen-bond acceptors (Lipinski definition) is 2. The molecular weight excluding hydrogens is 383 g/mol. The van der Waals surface area contributed by atoms with Crippen LogP contribution in [0.2, 0.25) is 0 Å². The van der Waals surface area contributed by atoms with E-state index in [0.29, 0.717) is 11.5 Å². The van der Waals surface area contributed by atoms with Crippen LogP contribution in [0.25, 0.3) is 22.3 Å². The van der Waals surface area contributed by atoms with Crippen LogP contribution < -0.4 is 4.52 Å². The Hall–Kier alpha value is -2.39. The summed E-state index contributed by atoms with van der Waals surface area (Å²) in [5.74, 6) is 0.718. The Bertz CT molecular complexity index is 1050. The van der Waals surface area contributed by atoms with Gasteiger partial charge >= 0.3 is 7.82 Å². The summed E-state index contributed by atoms with van der Waals surface area (Å²) in [6, 6.07) is 21.5. The molecule has 3 aromatic rings. The third kappa shape index (κ3) is 4.79. The van der Waals surface area contributed by atoms with E-state index in [1.54, 1.807) is 12.1 Å². The maximum atomic E-state index is 11.7. The summed E-state index contributed by atoms with van der Waals surface area (Å²) in [7, 11) is -4.72. The van der Waals surface area contributed by atoms with Crippen molar-refractivity contribution in [2.75, 3.05) is 0 Å². The number of benzene rings is 3. The summed E-state index contributed by atoms with van der Waals surface area (Å²) in [6.45, 7) is 8.48. The Morgan fingerprint density at radius 3 is 1.72 bits per heavy atom. The standard InChI is InChI=1S/C24H27O4P/c1-16(2)18-10-5-7-12-20(18)22-14-9-15-23(28-29(25,26)27)24(22)21-13-8-6-11-19(21)17(3)4/h5-17H,1-4H3,(H2,25,26,27). The van der Waals surface area contributed by atoms with Crippen molar-refractivity contribution in [2.24, 2.45) is 0 Å². The van der Waals surface area contributed by atoms with Crippen LogP contribution in [-0.4, -0.2) is 9.79 Å². The monoisotopic (exact) mass is 410 g/mol. The van der Waals surface area contributed by atoms with E-state index >= 15 is 0 Å². The van der Waals surface area contributed by atoms with Gasteiger partial charge in [-0.15, -0.1) is 0 Å². The number of hydrogen-bond donors (Lipinski definition) is 2. The first-order valence-electron chi connectivity index (χ1n) is 9.75. The molecule has 0 aliphatic carbocycles. The van der Waals surface area contributed by atoms with Crippen molar-refractivity contribution in [3.8, 4) is 28.0 Å². The van der Waals surface area contributed by atoms with Gasteiger partial charge in [-0.3, -0.25) is 9.79 Å². The van der Waals surface area contributed by atoms with E-state index in [-0.39, 0.29) is 11.7 Å². The number of rotatable bonds is 6. The van der Waals surface area contributed by atoms with Gasteiger partial charge in [0.15, 0.2) is 0 Å². The molecule has 0 heterocycles. The summed E-state index contributed by atoms with van der Waals surface area (Å²) in [4.78, 5) is 19.0. The van der Waals surface area contributed by atoms with Crippen LogP contribution in [0.3, 0.4) is 0 Å². The SMILES string of the molecule is CC(C)c1ccccc1-c1cccc(OP(=O)(O)O)c1-c1ccccc1C(C)C. The second kappa shape index (κ2) is 8.54. The average Bonchev–Trinajstić information content (AvgIpc) is 2.66. The van der Waals surface area contributed by atoms with Crippen molar-refractivity contribution < 1.29 is 18.9 Å². The first kappa shape index (κ1) is 21.3. The second-order valence-electron chi connectivity index (χ2n) is 7.74. The highest BCUT2D eigenvalue weighted by molar-refractivity contribution is 7.46. The molecule has 0 radical (unpaired) electrons. The van der Waals surface area contributed by atoms with Gasteiger partial charge in [-0.2, -0.15) is 0 Å². The molecule has 0 unspecified atom stereocenters. The summed E-state index contributed by atoms with van der Waals surface area (Å²) >= 11 is 0. The van der Waals surface area contributed by atoms with Gasteiger partial charge in [0.05, 0.1) is 0 Å². The van der Waals surface area contributed by atoms with Gasteiger partial charge in [0.2, 0.25) is 0 Å². The Balaban J connectivity index is 2.38. The highest BCUT2D eigenvalue weighted by Crippen LogP contribution is 2.48. The van der Waals surface area contributed by atoms with Crippen LogP contribution in [0, 0.1) is 0 Å². The van der Waals surface area contributed by atoms with Gasteiger partial charge in [-0.05, 0) is 45.7 Å². The van der Waals surface area contributed by atoms with Crippen LogP contribution in [0.15, 0.2) is 66.7 Å².